The third kappa shape index (κ3) is 7.00. The molecule has 1 fully saturated rings. The van der Waals surface area contributed by atoms with Gasteiger partial charge in [-0.3, -0.25) is 9.89 Å². The van der Waals surface area contributed by atoms with E-state index in [4.69, 9.17) is 9.47 Å². The van der Waals surface area contributed by atoms with Crippen molar-refractivity contribution in [3.8, 4) is 5.75 Å². The number of aliphatic imine (C=N–C) groups is 1. The van der Waals surface area contributed by atoms with Crippen molar-refractivity contribution in [1.29, 1.82) is 0 Å². The van der Waals surface area contributed by atoms with Crippen molar-refractivity contribution in [2.75, 3.05) is 39.8 Å². The molecule has 2 aliphatic rings. The number of fused-ring (bicyclic) bond motifs is 1. The zero-order chi connectivity index (χ0) is 20.1. The van der Waals surface area contributed by atoms with Crippen LogP contribution in [0.3, 0.4) is 0 Å². The Morgan fingerprint density at radius 3 is 2.79 bits per heavy atom. The highest BCUT2D eigenvalue weighted by atomic mass is 127. The summed E-state index contributed by atoms with van der Waals surface area (Å²) in [6.45, 7) is 13.5. The van der Waals surface area contributed by atoms with Gasteiger partial charge in [-0.05, 0) is 25.8 Å². The third-order valence-corrected chi connectivity index (χ3v) is 5.25. The largest absolute Gasteiger partial charge is 0.487 e. The molecule has 3 rings (SSSR count). The lowest BCUT2D eigenvalue weighted by Gasteiger charge is -2.38. The summed E-state index contributed by atoms with van der Waals surface area (Å²) < 4.78 is 12.1. The minimum absolute atomic E-state index is 0. The fourth-order valence-corrected chi connectivity index (χ4v) is 4.09. The van der Waals surface area contributed by atoms with Crippen molar-refractivity contribution in [3.05, 3.63) is 29.8 Å². The Labute approximate surface area is 192 Å². The molecule has 0 amide bonds. The summed E-state index contributed by atoms with van der Waals surface area (Å²) in [7, 11) is 1.82. The summed E-state index contributed by atoms with van der Waals surface area (Å²) in [5, 5.41) is 7.06. The van der Waals surface area contributed by atoms with E-state index >= 15 is 0 Å². The van der Waals surface area contributed by atoms with E-state index in [1.165, 1.54) is 5.56 Å². The second-order valence-electron chi connectivity index (χ2n) is 8.90. The van der Waals surface area contributed by atoms with Gasteiger partial charge in [0.25, 0.3) is 0 Å². The number of hydrogen-bond donors (Lipinski definition) is 2. The second-order valence-corrected chi connectivity index (χ2v) is 8.90. The van der Waals surface area contributed by atoms with Gasteiger partial charge in [-0.25, -0.2) is 0 Å². The van der Waals surface area contributed by atoms with Crippen molar-refractivity contribution < 1.29 is 9.47 Å². The first-order valence-corrected chi connectivity index (χ1v) is 10.5. The molecule has 0 aliphatic carbocycles. The number of halogens is 1. The molecular weight excluding hydrogens is 479 g/mol. The quantitative estimate of drug-likeness (QED) is 0.357. The summed E-state index contributed by atoms with van der Waals surface area (Å²) >= 11 is 0. The lowest BCUT2D eigenvalue weighted by molar-refractivity contribution is -0.0285. The molecule has 1 aromatic rings. The lowest BCUT2D eigenvalue weighted by Crippen LogP contribution is -2.51. The SMILES string of the molecule is CN=C(NCC1CN(CC(C)C)CCO1)NC1CC(C)(C)Oc2ccccc21.I. The van der Waals surface area contributed by atoms with Gasteiger partial charge in [0, 0.05) is 45.2 Å². The Morgan fingerprint density at radius 1 is 1.31 bits per heavy atom. The zero-order valence-corrected chi connectivity index (χ0v) is 20.7. The Balaban J connectivity index is 0.00000300. The van der Waals surface area contributed by atoms with Crippen LogP contribution in [0.4, 0.5) is 0 Å². The van der Waals surface area contributed by atoms with E-state index in [1.807, 2.05) is 19.2 Å². The predicted octanol–water partition coefficient (Wildman–Crippen LogP) is 3.43. The van der Waals surface area contributed by atoms with Crippen LogP contribution in [0.2, 0.25) is 0 Å². The summed E-state index contributed by atoms with van der Waals surface area (Å²) in [5.74, 6) is 2.44. The molecule has 0 aromatic heterocycles. The number of nitrogens with zero attached hydrogens (tertiary/aromatic N) is 2. The van der Waals surface area contributed by atoms with Gasteiger partial charge in [0.05, 0.1) is 18.8 Å². The summed E-state index contributed by atoms with van der Waals surface area (Å²) in [4.78, 5) is 6.93. The van der Waals surface area contributed by atoms with Crippen molar-refractivity contribution >= 4 is 29.9 Å². The number of morpholine rings is 1. The third-order valence-electron chi connectivity index (χ3n) is 5.25. The number of benzene rings is 1. The molecular formula is C22H37IN4O2. The number of ether oxygens (including phenoxy) is 2. The molecule has 6 nitrogen and oxygen atoms in total. The first-order chi connectivity index (χ1) is 13.4. The van der Waals surface area contributed by atoms with Gasteiger partial charge in [-0.15, -0.1) is 24.0 Å². The minimum atomic E-state index is -0.214. The van der Waals surface area contributed by atoms with E-state index in [2.05, 4.69) is 60.4 Å². The van der Waals surface area contributed by atoms with Crippen LogP contribution in [0.5, 0.6) is 5.75 Å². The maximum absolute atomic E-state index is 6.14. The van der Waals surface area contributed by atoms with E-state index in [9.17, 15) is 0 Å². The van der Waals surface area contributed by atoms with E-state index in [-0.39, 0.29) is 41.7 Å². The van der Waals surface area contributed by atoms with Gasteiger partial charge in [-0.2, -0.15) is 0 Å². The molecule has 0 bridgehead atoms. The van der Waals surface area contributed by atoms with Crippen molar-refractivity contribution in [3.63, 3.8) is 0 Å². The molecule has 2 atom stereocenters. The Hall–Kier alpha value is -1.06. The molecule has 0 radical (unpaired) electrons. The topological polar surface area (TPSA) is 58.1 Å². The normalized spacial score (nSPS) is 24.3. The zero-order valence-electron chi connectivity index (χ0n) is 18.4. The number of rotatable bonds is 5. The van der Waals surface area contributed by atoms with Crippen LogP contribution in [0.15, 0.2) is 29.3 Å². The van der Waals surface area contributed by atoms with Gasteiger partial charge < -0.3 is 20.1 Å². The van der Waals surface area contributed by atoms with Crippen LogP contribution >= 0.6 is 24.0 Å². The predicted molar refractivity (Wildman–Crippen MR) is 129 cm³/mol. The van der Waals surface area contributed by atoms with Crippen LogP contribution in [0.1, 0.15) is 45.7 Å². The maximum atomic E-state index is 6.14. The Kier molecular flexibility index (Phi) is 9.03. The highest BCUT2D eigenvalue weighted by Crippen LogP contribution is 2.39. The van der Waals surface area contributed by atoms with E-state index in [0.717, 1.165) is 50.9 Å². The highest BCUT2D eigenvalue weighted by molar-refractivity contribution is 14.0. The van der Waals surface area contributed by atoms with Crippen molar-refractivity contribution in [2.45, 2.75) is 51.9 Å². The van der Waals surface area contributed by atoms with Gasteiger partial charge in [0.2, 0.25) is 0 Å². The molecule has 29 heavy (non-hydrogen) atoms. The molecule has 2 N–H and O–H groups in total. The smallest absolute Gasteiger partial charge is 0.191 e. The fraction of sp³-hybridized carbons (Fsp3) is 0.682. The molecule has 2 unspecified atom stereocenters. The van der Waals surface area contributed by atoms with Crippen LogP contribution in [-0.2, 0) is 4.74 Å². The maximum Gasteiger partial charge on any atom is 0.191 e. The highest BCUT2D eigenvalue weighted by Gasteiger charge is 2.34. The average Bonchev–Trinajstić information content (AvgIpc) is 2.64. The molecule has 2 aliphatic heterocycles. The number of para-hydroxylation sites is 1. The minimum Gasteiger partial charge on any atom is -0.487 e. The van der Waals surface area contributed by atoms with Crippen molar-refractivity contribution in [2.24, 2.45) is 10.9 Å². The van der Waals surface area contributed by atoms with E-state index in [1.54, 1.807) is 0 Å². The molecule has 0 spiro atoms. The Morgan fingerprint density at radius 2 is 2.07 bits per heavy atom. The fourth-order valence-electron chi connectivity index (χ4n) is 4.09. The van der Waals surface area contributed by atoms with Gasteiger partial charge in [0.15, 0.2) is 5.96 Å². The molecule has 7 heteroatoms. The van der Waals surface area contributed by atoms with Gasteiger partial charge in [-0.1, -0.05) is 32.0 Å². The summed E-state index contributed by atoms with van der Waals surface area (Å²) in [6, 6.07) is 8.41. The standard InChI is InChI=1S/C22H36N4O2.HI/c1-16(2)14-26-10-11-27-17(15-26)13-24-21(23-5)25-19-12-22(3,4)28-20-9-7-6-8-18(19)20;/h6-9,16-17,19H,10-15H2,1-5H3,(H2,23,24,25);1H. The molecule has 1 saturated heterocycles. The lowest BCUT2D eigenvalue weighted by atomic mass is 9.90. The monoisotopic (exact) mass is 516 g/mol. The average molecular weight is 516 g/mol. The number of nitrogens with one attached hydrogen (secondary N) is 2. The molecule has 0 saturated carbocycles. The van der Waals surface area contributed by atoms with Crippen LogP contribution < -0.4 is 15.4 Å². The summed E-state index contributed by atoms with van der Waals surface area (Å²) in [6.07, 6.45) is 1.07. The van der Waals surface area contributed by atoms with Crippen LogP contribution in [0.25, 0.3) is 0 Å². The number of hydrogen-bond acceptors (Lipinski definition) is 4. The van der Waals surface area contributed by atoms with Crippen LogP contribution in [-0.4, -0.2) is 62.4 Å². The first kappa shape index (κ1) is 24.2. The van der Waals surface area contributed by atoms with E-state index < -0.39 is 0 Å². The number of guanidine groups is 1. The summed E-state index contributed by atoms with van der Waals surface area (Å²) in [5.41, 5.74) is 0.969. The first-order valence-electron chi connectivity index (χ1n) is 10.5. The van der Waals surface area contributed by atoms with E-state index in [0.29, 0.717) is 5.92 Å². The van der Waals surface area contributed by atoms with Crippen molar-refractivity contribution in [1.82, 2.24) is 15.5 Å². The molecule has 1 aromatic carbocycles. The van der Waals surface area contributed by atoms with Gasteiger partial charge in [0.1, 0.15) is 11.4 Å². The Bertz CT molecular complexity index is 681. The van der Waals surface area contributed by atoms with Gasteiger partial charge >= 0.3 is 0 Å². The molecule has 164 valence electrons. The van der Waals surface area contributed by atoms with Crippen LogP contribution in [0, 0.1) is 5.92 Å². The molecule has 2 heterocycles. The second kappa shape index (κ2) is 10.8.